The Labute approximate surface area is 116 Å². The number of nitriles is 1. The van der Waals surface area contributed by atoms with Gasteiger partial charge in [-0.3, -0.25) is 0 Å². The molecule has 0 aliphatic rings. The molecule has 2 aromatic carbocycles. The average molecular weight is 276 g/mol. The van der Waals surface area contributed by atoms with Gasteiger partial charge in [0.2, 0.25) is 0 Å². The van der Waals surface area contributed by atoms with Gasteiger partial charge in [-0.25, -0.2) is 4.39 Å². The summed E-state index contributed by atoms with van der Waals surface area (Å²) in [5, 5.41) is 9.08. The van der Waals surface area contributed by atoms with E-state index in [2.05, 4.69) is 6.07 Å². The van der Waals surface area contributed by atoms with Gasteiger partial charge in [-0.15, -0.1) is 11.6 Å². The molecule has 19 heavy (non-hydrogen) atoms. The second-order valence-corrected chi connectivity index (χ2v) is 4.36. The normalized spacial score (nSPS) is 10.0. The van der Waals surface area contributed by atoms with Gasteiger partial charge >= 0.3 is 0 Å². The van der Waals surface area contributed by atoms with E-state index in [0.717, 1.165) is 5.56 Å². The zero-order chi connectivity index (χ0) is 13.8. The van der Waals surface area contributed by atoms with Crippen molar-refractivity contribution in [1.82, 2.24) is 0 Å². The number of ether oxygens (including phenoxy) is 1. The van der Waals surface area contributed by atoms with Crippen molar-refractivity contribution in [3.05, 3.63) is 58.9 Å². The summed E-state index contributed by atoms with van der Waals surface area (Å²) >= 11 is 5.71. The van der Waals surface area contributed by atoms with Crippen LogP contribution >= 0.6 is 11.6 Å². The molecule has 0 aliphatic heterocycles. The maximum Gasteiger partial charge on any atom is 0.145 e. The minimum atomic E-state index is -0.287. The maximum atomic E-state index is 13.2. The van der Waals surface area contributed by atoms with Crippen molar-refractivity contribution < 1.29 is 9.13 Å². The summed E-state index contributed by atoms with van der Waals surface area (Å²) in [6, 6.07) is 11.7. The van der Waals surface area contributed by atoms with E-state index in [0.29, 0.717) is 28.5 Å². The van der Waals surface area contributed by atoms with Crippen molar-refractivity contribution in [1.29, 1.82) is 5.26 Å². The molecule has 2 rings (SSSR count). The van der Waals surface area contributed by atoms with Gasteiger partial charge in [0.15, 0.2) is 0 Å². The van der Waals surface area contributed by atoms with Crippen LogP contribution < -0.4 is 4.74 Å². The Kier molecular flexibility index (Phi) is 4.03. The fourth-order valence-corrected chi connectivity index (χ4v) is 1.81. The fourth-order valence-electron chi connectivity index (χ4n) is 1.64. The van der Waals surface area contributed by atoms with Crippen LogP contribution in [0.2, 0.25) is 0 Å². The van der Waals surface area contributed by atoms with E-state index in [1.54, 1.807) is 31.2 Å². The van der Waals surface area contributed by atoms with Gasteiger partial charge in [0.05, 0.1) is 5.56 Å². The number of alkyl halides is 1. The third kappa shape index (κ3) is 3.04. The van der Waals surface area contributed by atoms with Crippen molar-refractivity contribution in [2.24, 2.45) is 0 Å². The maximum absolute atomic E-state index is 13.2. The van der Waals surface area contributed by atoms with Gasteiger partial charge in [-0.05, 0) is 48.4 Å². The van der Waals surface area contributed by atoms with E-state index in [4.69, 9.17) is 21.6 Å². The summed E-state index contributed by atoms with van der Waals surface area (Å²) in [6.07, 6.45) is 0. The van der Waals surface area contributed by atoms with Crippen LogP contribution in [-0.4, -0.2) is 0 Å². The van der Waals surface area contributed by atoms with Gasteiger partial charge in [-0.2, -0.15) is 5.26 Å². The predicted octanol–water partition coefficient (Wildman–Crippen LogP) is 4.54. The quantitative estimate of drug-likeness (QED) is 0.771. The van der Waals surface area contributed by atoms with Gasteiger partial charge in [0.25, 0.3) is 0 Å². The molecule has 4 heteroatoms. The first-order chi connectivity index (χ1) is 9.13. The van der Waals surface area contributed by atoms with E-state index >= 15 is 0 Å². The molecule has 0 spiro atoms. The second kappa shape index (κ2) is 5.73. The Morgan fingerprint density at radius 3 is 2.68 bits per heavy atom. The highest BCUT2D eigenvalue weighted by Gasteiger charge is 2.07. The zero-order valence-corrected chi connectivity index (χ0v) is 11.0. The lowest BCUT2D eigenvalue weighted by Crippen LogP contribution is -1.91. The molecule has 0 N–H and O–H groups in total. The lowest BCUT2D eigenvalue weighted by molar-refractivity contribution is 0.478. The molecule has 0 atom stereocenters. The van der Waals surface area contributed by atoms with Crippen LogP contribution in [0.5, 0.6) is 11.5 Å². The third-order valence-corrected chi connectivity index (χ3v) is 2.98. The molecule has 0 saturated heterocycles. The zero-order valence-electron chi connectivity index (χ0n) is 10.3. The molecular formula is C15H11ClFNO. The number of rotatable bonds is 3. The number of halogens is 2. The Morgan fingerprint density at radius 2 is 2.05 bits per heavy atom. The third-order valence-electron chi connectivity index (χ3n) is 2.68. The molecule has 0 amide bonds. The lowest BCUT2D eigenvalue weighted by atomic mass is 10.1. The number of hydrogen-bond donors (Lipinski definition) is 0. The molecule has 0 fully saturated rings. The first-order valence-corrected chi connectivity index (χ1v) is 6.20. The summed E-state index contributed by atoms with van der Waals surface area (Å²) in [5.41, 5.74) is 1.74. The van der Waals surface area contributed by atoms with Crippen LogP contribution in [0.3, 0.4) is 0 Å². The smallest absolute Gasteiger partial charge is 0.145 e. The standard InChI is InChI=1S/C15H11ClFNO/c1-10-6-13(3-4-14(10)17)19-15-5-2-11(8-16)7-12(15)9-18/h2-7H,8H2,1H3. The molecule has 0 aliphatic carbocycles. The van der Waals surface area contributed by atoms with Crippen molar-refractivity contribution >= 4 is 11.6 Å². The van der Waals surface area contributed by atoms with Crippen molar-refractivity contribution in [2.45, 2.75) is 12.8 Å². The molecule has 2 aromatic rings. The van der Waals surface area contributed by atoms with E-state index in [9.17, 15) is 4.39 Å². The first-order valence-electron chi connectivity index (χ1n) is 5.67. The molecule has 0 heterocycles. The van der Waals surface area contributed by atoms with Gasteiger partial charge in [0.1, 0.15) is 23.4 Å². The Hall–Kier alpha value is -2.05. The summed E-state index contributed by atoms with van der Waals surface area (Å²) < 4.78 is 18.8. The Balaban J connectivity index is 2.33. The highest BCUT2D eigenvalue weighted by Crippen LogP contribution is 2.27. The number of nitrogens with zero attached hydrogens (tertiary/aromatic N) is 1. The van der Waals surface area contributed by atoms with Crippen LogP contribution in [0, 0.1) is 24.1 Å². The van der Waals surface area contributed by atoms with E-state index in [1.165, 1.54) is 12.1 Å². The highest BCUT2D eigenvalue weighted by atomic mass is 35.5. The predicted molar refractivity (Wildman–Crippen MR) is 71.9 cm³/mol. The SMILES string of the molecule is Cc1cc(Oc2ccc(CCl)cc2C#N)ccc1F. The van der Waals surface area contributed by atoms with Gasteiger partial charge in [-0.1, -0.05) is 6.07 Å². The van der Waals surface area contributed by atoms with Crippen molar-refractivity contribution in [2.75, 3.05) is 0 Å². The van der Waals surface area contributed by atoms with Gasteiger partial charge in [0, 0.05) is 5.88 Å². The lowest BCUT2D eigenvalue weighted by Gasteiger charge is -2.09. The van der Waals surface area contributed by atoms with Gasteiger partial charge < -0.3 is 4.74 Å². The fraction of sp³-hybridized carbons (Fsp3) is 0.133. The topological polar surface area (TPSA) is 33.0 Å². The summed E-state index contributed by atoms with van der Waals surface area (Å²) in [6.45, 7) is 1.66. The molecule has 0 saturated carbocycles. The van der Waals surface area contributed by atoms with E-state index in [-0.39, 0.29) is 5.82 Å². The summed E-state index contributed by atoms with van der Waals surface area (Å²) in [4.78, 5) is 0. The molecule has 0 radical (unpaired) electrons. The van der Waals surface area contributed by atoms with E-state index in [1.807, 2.05) is 0 Å². The average Bonchev–Trinajstić information content (AvgIpc) is 2.43. The number of hydrogen-bond acceptors (Lipinski definition) is 2. The first kappa shape index (κ1) is 13.4. The van der Waals surface area contributed by atoms with Crippen LogP contribution in [0.15, 0.2) is 36.4 Å². The Morgan fingerprint density at radius 1 is 1.26 bits per heavy atom. The van der Waals surface area contributed by atoms with Crippen LogP contribution in [0.4, 0.5) is 4.39 Å². The van der Waals surface area contributed by atoms with Crippen molar-refractivity contribution in [3.63, 3.8) is 0 Å². The number of benzene rings is 2. The molecular weight excluding hydrogens is 265 g/mol. The summed E-state index contributed by atoms with van der Waals surface area (Å²) in [7, 11) is 0. The van der Waals surface area contributed by atoms with E-state index < -0.39 is 0 Å². The minimum absolute atomic E-state index is 0.287. The highest BCUT2D eigenvalue weighted by molar-refractivity contribution is 6.17. The summed E-state index contributed by atoms with van der Waals surface area (Å²) in [5.74, 6) is 0.978. The molecule has 0 aromatic heterocycles. The van der Waals surface area contributed by atoms with Crippen molar-refractivity contribution in [3.8, 4) is 17.6 Å². The Bertz CT molecular complexity index is 649. The van der Waals surface area contributed by atoms with Crippen LogP contribution in [0.25, 0.3) is 0 Å². The largest absolute Gasteiger partial charge is 0.456 e. The van der Waals surface area contributed by atoms with Crippen LogP contribution in [0.1, 0.15) is 16.7 Å². The molecule has 96 valence electrons. The molecule has 0 unspecified atom stereocenters. The second-order valence-electron chi connectivity index (χ2n) is 4.09. The molecule has 2 nitrogen and oxygen atoms in total. The number of aryl methyl sites for hydroxylation is 1. The minimum Gasteiger partial charge on any atom is -0.456 e. The van der Waals surface area contributed by atoms with Crippen LogP contribution in [-0.2, 0) is 5.88 Å². The molecule has 0 bridgehead atoms. The monoisotopic (exact) mass is 275 g/mol.